The summed E-state index contributed by atoms with van der Waals surface area (Å²) in [7, 11) is 2.13. The second kappa shape index (κ2) is 10.6. The van der Waals surface area contributed by atoms with E-state index in [1.165, 1.54) is 29.8 Å². The van der Waals surface area contributed by atoms with Gasteiger partial charge in [0.15, 0.2) is 11.6 Å². The van der Waals surface area contributed by atoms with Crippen molar-refractivity contribution in [3.05, 3.63) is 64.5 Å². The molecule has 1 aliphatic rings. The lowest BCUT2D eigenvalue weighted by molar-refractivity contribution is 0.103. The fourth-order valence-electron chi connectivity index (χ4n) is 4.05. The first kappa shape index (κ1) is 24.2. The number of anilines is 1. The van der Waals surface area contributed by atoms with Gasteiger partial charge in [0.2, 0.25) is 5.88 Å². The van der Waals surface area contributed by atoms with E-state index in [-0.39, 0.29) is 17.5 Å². The number of thiophene rings is 1. The third-order valence-electron chi connectivity index (χ3n) is 6.15. The number of carbonyl (C=O) groups is 1. The van der Waals surface area contributed by atoms with Crippen molar-refractivity contribution in [2.24, 2.45) is 0 Å². The summed E-state index contributed by atoms with van der Waals surface area (Å²) in [6.07, 6.45) is 3.13. The van der Waals surface area contributed by atoms with Crippen molar-refractivity contribution >= 4 is 28.4 Å². The number of halogens is 1. The summed E-state index contributed by atoms with van der Waals surface area (Å²) < 4.78 is 28.4. The average Bonchev–Trinajstić information content (AvgIpc) is 3.51. The molecule has 0 bridgehead atoms. The fourth-order valence-corrected chi connectivity index (χ4v) is 4.67. The number of carbonyl (C=O) groups excluding carboxylic acids is 1. The molecule has 11 heteroatoms. The quantitative estimate of drug-likeness (QED) is 0.385. The van der Waals surface area contributed by atoms with Gasteiger partial charge in [0.25, 0.3) is 5.91 Å². The Morgan fingerprint density at radius 1 is 1.19 bits per heavy atom. The monoisotopic (exact) mass is 510 g/mol. The van der Waals surface area contributed by atoms with Gasteiger partial charge in [-0.2, -0.15) is 10.1 Å². The van der Waals surface area contributed by atoms with Gasteiger partial charge in [-0.15, -0.1) is 11.3 Å². The minimum atomic E-state index is -0.622. The van der Waals surface area contributed by atoms with Crippen LogP contribution in [0.1, 0.15) is 15.2 Å². The molecule has 9 nitrogen and oxygen atoms in total. The lowest BCUT2D eigenvalue weighted by atomic mass is 10.2. The number of rotatable bonds is 8. The highest BCUT2D eigenvalue weighted by atomic mass is 32.1. The minimum absolute atomic E-state index is 0.0112. The van der Waals surface area contributed by atoms with Crippen LogP contribution in [-0.4, -0.2) is 76.7 Å². The average molecular weight is 511 g/mol. The van der Waals surface area contributed by atoms with Crippen LogP contribution in [0.3, 0.4) is 0 Å². The molecule has 1 fully saturated rings. The van der Waals surface area contributed by atoms with E-state index in [9.17, 15) is 9.18 Å². The summed E-state index contributed by atoms with van der Waals surface area (Å²) in [5.74, 6) is -0.0294. The molecule has 5 rings (SSSR count). The highest BCUT2D eigenvalue weighted by molar-refractivity contribution is 7.12. The van der Waals surface area contributed by atoms with Crippen molar-refractivity contribution in [1.29, 1.82) is 0 Å². The summed E-state index contributed by atoms with van der Waals surface area (Å²) in [6.45, 7) is 7.47. The number of nitrogens with zero attached hydrogens (tertiary/aromatic N) is 5. The topological polar surface area (TPSA) is 84.2 Å². The summed E-state index contributed by atoms with van der Waals surface area (Å²) >= 11 is 1.31. The lowest BCUT2D eigenvalue weighted by Crippen LogP contribution is -2.45. The van der Waals surface area contributed by atoms with Crippen molar-refractivity contribution in [1.82, 2.24) is 24.4 Å². The van der Waals surface area contributed by atoms with E-state index in [0.717, 1.165) is 38.3 Å². The van der Waals surface area contributed by atoms with Crippen LogP contribution in [0.4, 0.5) is 10.1 Å². The first-order valence-corrected chi connectivity index (χ1v) is 12.5. The van der Waals surface area contributed by atoms with Gasteiger partial charge in [-0.1, -0.05) is 6.07 Å². The number of hydrogen-bond acceptors (Lipinski definition) is 8. The fraction of sp³-hybridized carbons (Fsp3) is 0.320. The molecule has 188 valence electrons. The van der Waals surface area contributed by atoms with Crippen LogP contribution in [0.5, 0.6) is 17.4 Å². The van der Waals surface area contributed by atoms with E-state index in [1.807, 2.05) is 12.3 Å². The van der Waals surface area contributed by atoms with Gasteiger partial charge in [0.1, 0.15) is 24.2 Å². The number of ether oxygens (including phenoxy) is 2. The van der Waals surface area contributed by atoms with E-state index < -0.39 is 5.82 Å². The molecule has 0 aliphatic carbocycles. The van der Waals surface area contributed by atoms with Gasteiger partial charge in [-0.05, 0) is 37.6 Å². The zero-order valence-electron chi connectivity index (χ0n) is 20.1. The number of amides is 1. The molecule has 3 aromatic heterocycles. The Morgan fingerprint density at radius 3 is 2.78 bits per heavy atom. The van der Waals surface area contributed by atoms with Gasteiger partial charge in [-0.3, -0.25) is 9.69 Å². The molecule has 0 spiro atoms. The minimum Gasteiger partial charge on any atom is -0.490 e. The highest BCUT2D eigenvalue weighted by Gasteiger charge is 2.18. The number of piperazine rings is 1. The number of nitrogens with one attached hydrogen (secondary N) is 1. The summed E-state index contributed by atoms with van der Waals surface area (Å²) in [6, 6.07) is 7.76. The number of benzene rings is 1. The number of fused-ring (bicyclic) bond motifs is 1. The molecule has 1 aliphatic heterocycles. The largest absolute Gasteiger partial charge is 0.490 e. The highest BCUT2D eigenvalue weighted by Crippen LogP contribution is 2.33. The van der Waals surface area contributed by atoms with Crippen molar-refractivity contribution in [2.75, 3.05) is 51.7 Å². The normalized spacial score (nSPS) is 14.8. The number of likely N-dealkylation sites (N-methyl/N-ethyl adjacent to an activating group) is 1. The van der Waals surface area contributed by atoms with Crippen LogP contribution in [0.2, 0.25) is 0 Å². The van der Waals surface area contributed by atoms with Gasteiger partial charge in [0, 0.05) is 50.0 Å². The van der Waals surface area contributed by atoms with Crippen LogP contribution in [0, 0.1) is 12.7 Å². The molecule has 0 radical (unpaired) electrons. The summed E-state index contributed by atoms with van der Waals surface area (Å²) in [5.41, 5.74) is 1.74. The summed E-state index contributed by atoms with van der Waals surface area (Å²) in [5, 5.41) is 8.75. The van der Waals surface area contributed by atoms with E-state index in [1.54, 1.807) is 28.9 Å². The Kier molecular flexibility index (Phi) is 7.12. The molecule has 36 heavy (non-hydrogen) atoms. The van der Waals surface area contributed by atoms with E-state index in [2.05, 4.69) is 32.2 Å². The number of aromatic nitrogens is 3. The molecule has 4 aromatic rings. The Labute approximate surface area is 212 Å². The zero-order valence-corrected chi connectivity index (χ0v) is 20.9. The van der Waals surface area contributed by atoms with Gasteiger partial charge in [0.05, 0.1) is 11.1 Å². The Balaban J connectivity index is 1.27. The lowest BCUT2D eigenvalue weighted by Gasteiger charge is -2.32. The van der Waals surface area contributed by atoms with Crippen LogP contribution in [0.25, 0.3) is 5.52 Å². The van der Waals surface area contributed by atoms with E-state index >= 15 is 0 Å². The molecule has 0 saturated carbocycles. The third kappa shape index (κ3) is 5.32. The van der Waals surface area contributed by atoms with Crippen LogP contribution in [0.15, 0.2) is 48.2 Å². The first-order valence-electron chi connectivity index (χ1n) is 11.7. The maximum absolute atomic E-state index is 14.8. The maximum Gasteiger partial charge on any atom is 0.265 e. The molecular formula is C25H27FN6O3S. The van der Waals surface area contributed by atoms with E-state index in [0.29, 0.717) is 28.4 Å². The standard InChI is InChI=1S/C25H27FN6O3S/c1-17-21(34-12-11-31-9-7-30(2)8-10-31)15-32-23(17)25(27-16-28-32)35-20-6-5-18(14-19(20)26)29-24(33)22-4-3-13-36-22/h3-6,13-16H,7-12H2,1-2H3,(H,29,33). The van der Waals surface area contributed by atoms with Crippen LogP contribution < -0.4 is 14.8 Å². The molecule has 0 unspecified atom stereocenters. The smallest absolute Gasteiger partial charge is 0.265 e. The van der Waals surface area contributed by atoms with Crippen LogP contribution in [-0.2, 0) is 0 Å². The molecule has 1 amide bonds. The number of aryl methyl sites for hydroxylation is 1. The second-order valence-electron chi connectivity index (χ2n) is 8.65. The SMILES string of the molecule is Cc1c(OCCN2CCN(C)CC2)cn2ncnc(Oc3ccc(NC(=O)c4cccs4)cc3F)c12. The molecule has 4 heterocycles. The van der Waals surface area contributed by atoms with Crippen LogP contribution >= 0.6 is 11.3 Å². The molecule has 1 N–H and O–H groups in total. The zero-order chi connectivity index (χ0) is 25.1. The van der Waals surface area contributed by atoms with E-state index in [4.69, 9.17) is 9.47 Å². The van der Waals surface area contributed by atoms with Gasteiger partial charge >= 0.3 is 0 Å². The second-order valence-corrected chi connectivity index (χ2v) is 9.60. The number of hydrogen-bond donors (Lipinski definition) is 1. The predicted molar refractivity (Wildman–Crippen MR) is 136 cm³/mol. The van der Waals surface area contributed by atoms with Crippen molar-refractivity contribution in [3.8, 4) is 17.4 Å². The Bertz CT molecular complexity index is 1350. The molecule has 1 aromatic carbocycles. The van der Waals surface area contributed by atoms with Crippen molar-refractivity contribution in [3.63, 3.8) is 0 Å². The maximum atomic E-state index is 14.8. The van der Waals surface area contributed by atoms with Gasteiger partial charge in [-0.25, -0.2) is 8.91 Å². The molecular weight excluding hydrogens is 483 g/mol. The third-order valence-corrected chi connectivity index (χ3v) is 7.02. The van der Waals surface area contributed by atoms with Crippen molar-refractivity contribution in [2.45, 2.75) is 6.92 Å². The Morgan fingerprint density at radius 2 is 2.03 bits per heavy atom. The predicted octanol–water partition coefficient (Wildman–Crippen LogP) is 3.91. The van der Waals surface area contributed by atoms with Gasteiger partial charge < -0.3 is 19.7 Å². The molecule has 0 atom stereocenters. The first-order chi connectivity index (χ1) is 17.5. The molecule has 1 saturated heterocycles. The van der Waals surface area contributed by atoms with Crippen molar-refractivity contribution < 1.29 is 18.7 Å². The summed E-state index contributed by atoms with van der Waals surface area (Å²) in [4.78, 5) is 21.7. The Hall–Kier alpha value is -3.54.